The number of hydrogen-bond acceptors (Lipinski definition) is 2. The summed E-state index contributed by atoms with van der Waals surface area (Å²) in [6.07, 6.45) is 1.39. The van der Waals surface area contributed by atoms with Crippen LogP contribution in [0.1, 0.15) is 26.7 Å². The normalized spacial score (nSPS) is 28.8. The summed E-state index contributed by atoms with van der Waals surface area (Å²) in [5.74, 6) is 0.443. The number of carbonyl (C=O) groups excluding carboxylic acids is 1. The van der Waals surface area contributed by atoms with E-state index in [4.69, 9.17) is 5.26 Å². The molecule has 15 heavy (non-hydrogen) atoms. The number of likely N-dealkylation sites (N-methyl/N-ethyl adjacent to an activating group) is 1. The Morgan fingerprint density at radius 2 is 2.20 bits per heavy atom. The van der Waals surface area contributed by atoms with Crippen LogP contribution in [0, 0.1) is 22.7 Å². The molecule has 0 aromatic carbocycles. The van der Waals surface area contributed by atoms with Crippen molar-refractivity contribution in [3.63, 3.8) is 0 Å². The van der Waals surface area contributed by atoms with Crippen molar-refractivity contribution in [1.82, 2.24) is 4.90 Å². The first kappa shape index (κ1) is 11.8. The minimum Gasteiger partial charge on any atom is -0.340 e. The molecule has 1 amide bonds. The van der Waals surface area contributed by atoms with Crippen LogP contribution in [0.5, 0.6) is 0 Å². The Morgan fingerprint density at radius 1 is 1.67 bits per heavy atom. The molecule has 3 nitrogen and oxygen atoms in total. The summed E-state index contributed by atoms with van der Waals surface area (Å²) >= 11 is 0. The van der Waals surface area contributed by atoms with Gasteiger partial charge in [-0.1, -0.05) is 19.1 Å². The summed E-state index contributed by atoms with van der Waals surface area (Å²) in [5, 5.41) is 9.09. The molecule has 0 aliphatic heterocycles. The lowest BCUT2D eigenvalue weighted by molar-refractivity contribution is -0.143. The summed E-state index contributed by atoms with van der Waals surface area (Å²) < 4.78 is 0. The third-order valence-corrected chi connectivity index (χ3v) is 2.87. The fourth-order valence-electron chi connectivity index (χ4n) is 2.29. The van der Waals surface area contributed by atoms with Gasteiger partial charge >= 0.3 is 0 Å². The van der Waals surface area contributed by atoms with Gasteiger partial charge in [0.15, 0.2) is 0 Å². The Hall–Kier alpha value is -1.30. The summed E-state index contributed by atoms with van der Waals surface area (Å²) in [5.41, 5.74) is 0.190. The standard InChI is InChI=1S/C12H18N2O/c1-9(2)7-14(4)11(15)12(8-13)5-10(3)6-12/h10H,1,5-7H2,2-4H3. The van der Waals surface area contributed by atoms with Gasteiger partial charge in [0.05, 0.1) is 6.07 Å². The number of nitrogens with zero attached hydrogens (tertiary/aromatic N) is 2. The molecule has 1 saturated carbocycles. The van der Waals surface area contributed by atoms with Crippen LogP contribution < -0.4 is 0 Å². The molecule has 0 aromatic heterocycles. The second kappa shape index (κ2) is 4.06. The molecule has 1 aliphatic rings. The highest BCUT2D eigenvalue weighted by atomic mass is 16.2. The number of carbonyl (C=O) groups is 1. The summed E-state index contributed by atoms with van der Waals surface area (Å²) in [7, 11) is 1.74. The van der Waals surface area contributed by atoms with Crippen LogP contribution in [0.15, 0.2) is 12.2 Å². The van der Waals surface area contributed by atoms with Crippen LogP contribution in [0.2, 0.25) is 0 Å². The zero-order chi connectivity index (χ0) is 11.6. The van der Waals surface area contributed by atoms with Crippen molar-refractivity contribution in [3.05, 3.63) is 12.2 Å². The highest BCUT2D eigenvalue weighted by molar-refractivity contribution is 5.86. The minimum absolute atomic E-state index is 0.0499. The predicted molar refractivity (Wildman–Crippen MR) is 58.9 cm³/mol. The monoisotopic (exact) mass is 206 g/mol. The smallest absolute Gasteiger partial charge is 0.243 e. The van der Waals surface area contributed by atoms with Gasteiger partial charge in [-0.3, -0.25) is 4.79 Å². The van der Waals surface area contributed by atoms with Crippen LogP contribution in [-0.2, 0) is 4.79 Å². The van der Waals surface area contributed by atoms with E-state index >= 15 is 0 Å². The molecule has 0 saturated heterocycles. The SMILES string of the molecule is C=C(C)CN(C)C(=O)C1(C#N)CC(C)C1. The number of nitriles is 1. The Bertz CT molecular complexity index is 321. The largest absolute Gasteiger partial charge is 0.340 e. The average molecular weight is 206 g/mol. The van der Waals surface area contributed by atoms with Gasteiger partial charge in [-0.15, -0.1) is 0 Å². The van der Waals surface area contributed by atoms with Gasteiger partial charge in [-0.05, 0) is 25.7 Å². The van der Waals surface area contributed by atoms with E-state index in [1.165, 1.54) is 0 Å². The highest BCUT2D eigenvalue weighted by Gasteiger charge is 2.50. The lowest BCUT2D eigenvalue weighted by Crippen LogP contribution is -2.49. The van der Waals surface area contributed by atoms with Crippen molar-refractivity contribution in [2.45, 2.75) is 26.7 Å². The first-order valence-electron chi connectivity index (χ1n) is 5.22. The Labute approximate surface area is 91.4 Å². The van der Waals surface area contributed by atoms with Crippen molar-refractivity contribution < 1.29 is 4.79 Å². The van der Waals surface area contributed by atoms with E-state index in [1.807, 2.05) is 6.92 Å². The maximum absolute atomic E-state index is 12.0. The first-order valence-corrected chi connectivity index (χ1v) is 5.22. The van der Waals surface area contributed by atoms with Gasteiger partial charge in [0, 0.05) is 13.6 Å². The fraction of sp³-hybridized carbons (Fsp3) is 0.667. The summed E-state index contributed by atoms with van der Waals surface area (Å²) in [6, 6.07) is 2.18. The van der Waals surface area contributed by atoms with Crippen molar-refractivity contribution in [1.29, 1.82) is 5.26 Å². The molecule has 1 fully saturated rings. The molecule has 1 aliphatic carbocycles. The zero-order valence-corrected chi connectivity index (χ0v) is 9.71. The van der Waals surface area contributed by atoms with Crippen LogP contribution >= 0.6 is 0 Å². The minimum atomic E-state index is -0.746. The number of amides is 1. The van der Waals surface area contributed by atoms with Gasteiger partial charge in [0.1, 0.15) is 5.41 Å². The molecule has 1 rings (SSSR count). The molecule has 0 radical (unpaired) electrons. The van der Waals surface area contributed by atoms with E-state index in [1.54, 1.807) is 11.9 Å². The van der Waals surface area contributed by atoms with Crippen LogP contribution in [0.3, 0.4) is 0 Å². The van der Waals surface area contributed by atoms with E-state index in [0.29, 0.717) is 25.3 Å². The lowest BCUT2D eigenvalue weighted by Gasteiger charge is -2.41. The molecule has 0 N–H and O–H groups in total. The molecule has 0 unspecified atom stereocenters. The topological polar surface area (TPSA) is 44.1 Å². The Morgan fingerprint density at radius 3 is 2.53 bits per heavy atom. The van der Waals surface area contributed by atoms with E-state index in [-0.39, 0.29) is 5.91 Å². The molecular formula is C12H18N2O. The number of hydrogen-bond donors (Lipinski definition) is 0. The maximum atomic E-state index is 12.0. The van der Waals surface area contributed by atoms with Crippen LogP contribution in [0.4, 0.5) is 0 Å². The molecule has 3 heteroatoms. The van der Waals surface area contributed by atoms with E-state index in [2.05, 4.69) is 19.6 Å². The van der Waals surface area contributed by atoms with Crippen molar-refractivity contribution in [2.75, 3.05) is 13.6 Å². The Balaban J connectivity index is 2.67. The second-order valence-electron chi connectivity index (χ2n) is 4.83. The van der Waals surface area contributed by atoms with Crippen LogP contribution in [0.25, 0.3) is 0 Å². The Kier molecular flexibility index (Phi) is 3.18. The fourth-order valence-corrected chi connectivity index (χ4v) is 2.29. The van der Waals surface area contributed by atoms with E-state index in [0.717, 1.165) is 5.57 Å². The van der Waals surface area contributed by atoms with Gasteiger partial charge in [-0.25, -0.2) is 0 Å². The highest BCUT2D eigenvalue weighted by Crippen LogP contribution is 2.46. The third kappa shape index (κ3) is 2.20. The summed E-state index contributed by atoms with van der Waals surface area (Å²) in [6.45, 7) is 8.26. The maximum Gasteiger partial charge on any atom is 0.243 e. The van der Waals surface area contributed by atoms with E-state index < -0.39 is 5.41 Å². The molecule has 0 atom stereocenters. The molecule has 0 bridgehead atoms. The van der Waals surface area contributed by atoms with Gasteiger partial charge in [0.25, 0.3) is 0 Å². The zero-order valence-electron chi connectivity index (χ0n) is 9.71. The predicted octanol–water partition coefficient (Wildman–Crippen LogP) is 1.96. The van der Waals surface area contributed by atoms with Crippen molar-refractivity contribution in [3.8, 4) is 6.07 Å². The second-order valence-corrected chi connectivity index (χ2v) is 4.83. The van der Waals surface area contributed by atoms with Gasteiger partial charge in [-0.2, -0.15) is 5.26 Å². The van der Waals surface area contributed by atoms with Crippen molar-refractivity contribution in [2.24, 2.45) is 11.3 Å². The van der Waals surface area contributed by atoms with Crippen molar-refractivity contribution >= 4 is 5.91 Å². The molecular weight excluding hydrogens is 188 g/mol. The number of rotatable bonds is 3. The van der Waals surface area contributed by atoms with Gasteiger partial charge in [0.2, 0.25) is 5.91 Å². The lowest BCUT2D eigenvalue weighted by atomic mass is 9.63. The van der Waals surface area contributed by atoms with E-state index in [9.17, 15) is 4.79 Å². The molecule has 0 spiro atoms. The molecule has 82 valence electrons. The molecule has 0 heterocycles. The van der Waals surface area contributed by atoms with Gasteiger partial charge < -0.3 is 4.90 Å². The van der Waals surface area contributed by atoms with Crippen LogP contribution in [-0.4, -0.2) is 24.4 Å². The molecule has 0 aromatic rings. The third-order valence-electron chi connectivity index (χ3n) is 2.87. The first-order chi connectivity index (χ1) is 6.91. The quantitative estimate of drug-likeness (QED) is 0.662. The summed E-state index contributed by atoms with van der Waals surface area (Å²) in [4.78, 5) is 13.6. The average Bonchev–Trinajstić information content (AvgIpc) is 2.10.